The molecule has 1 N–H and O–H groups in total. The van der Waals surface area contributed by atoms with Crippen molar-refractivity contribution in [2.75, 3.05) is 0 Å². The van der Waals surface area contributed by atoms with E-state index in [1.54, 1.807) is 11.8 Å². The first-order chi connectivity index (χ1) is 8.34. The third-order valence-electron chi connectivity index (χ3n) is 2.90. The SMILES string of the molecule is ON1Cc2ccccc2SC1c1ccccc1. The Bertz CT molecular complexity index is 515. The quantitative estimate of drug-likeness (QED) is 0.826. The van der Waals surface area contributed by atoms with Crippen molar-refractivity contribution in [2.45, 2.75) is 16.8 Å². The molecule has 17 heavy (non-hydrogen) atoms. The Balaban J connectivity index is 1.95. The van der Waals surface area contributed by atoms with Gasteiger partial charge in [-0.1, -0.05) is 60.3 Å². The maximum Gasteiger partial charge on any atom is 0.110 e. The van der Waals surface area contributed by atoms with Gasteiger partial charge in [0.2, 0.25) is 0 Å². The first-order valence-corrected chi connectivity index (χ1v) is 6.47. The van der Waals surface area contributed by atoms with E-state index < -0.39 is 0 Å². The van der Waals surface area contributed by atoms with Crippen LogP contribution in [0.5, 0.6) is 0 Å². The van der Waals surface area contributed by atoms with Crippen molar-refractivity contribution in [3.63, 3.8) is 0 Å². The fourth-order valence-electron chi connectivity index (χ4n) is 2.05. The maximum absolute atomic E-state index is 10.1. The van der Waals surface area contributed by atoms with Gasteiger partial charge in [-0.3, -0.25) is 0 Å². The molecule has 86 valence electrons. The largest absolute Gasteiger partial charge is 0.312 e. The highest BCUT2D eigenvalue weighted by atomic mass is 32.2. The van der Waals surface area contributed by atoms with Crippen molar-refractivity contribution in [3.8, 4) is 0 Å². The lowest BCUT2D eigenvalue weighted by Crippen LogP contribution is -2.26. The van der Waals surface area contributed by atoms with Crippen molar-refractivity contribution in [3.05, 3.63) is 65.7 Å². The van der Waals surface area contributed by atoms with Crippen LogP contribution in [0.1, 0.15) is 16.5 Å². The van der Waals surface area contributed by atoms with Crippen LogP contribution in [0.3, 0.4) is 0 Å². The number of hydrogen-bond acceptors (Lipinski definition) is 3. The minimum atomic E-state index is -0.00824. The molecule has 2 aromatic rings. The van der Waals surface area contributed by atoms with Gasteiger partial charge in [0.15, 0.2) is 0 Å². The lowest BCUT2D eigenvalue weighted by molar-refractivity contribution is -0.114. The molecular formula is C14H13NOS. The summed E-state index contributed by atoms with van der Waals surface area (Å²) >= 11 is 1.69. The van der Waals surface area contributed by atoms with E-state index >= 15 is 0 Å². The van der Waals surface area contributed by atoms with E-state index in [9.17, 15) is 5.21 Å². The summed E-state index contributed by atoms with van der Waals surface area (Å²) in [6.45, 7) is 0.586. The zero-order chi connectivity index (χ0) is 11.7. The van der Waals surface area contributed by atoms with E-state index in [2.05, 4.69) is 24.3 Å². The van der Waals surface area contributed by atoms with Crippen LogP contribution < -0.4 is 0 Å². The van der Waals surface area contributed by atoms with Gasteiger partial charge in [-0.2, -0.15) is 5.06 Å². The molecule has 3 heteroatoms. The van der Waals surface area contributed by atoms with E-state index in [-0.39, 0.29) is 5.37 Å². The molecule has 2 aromatic carbocycles. The van der Waals surface area contributed by atoms with E-state index in [1.165, 1.54) is 15.5 Å². The zero-order valence-electron chi connectivity index (χ0n) is 9.28. The molecule has 0 bridgehead atoms. The predicted octanol–water partition coefficient (Wildman–Crippen LogP) is 3.68. The van der Waals surface area contributed by atoms with Crippen molar-refractivity contribution in [1.29, 1.82) is 0 Å². The second kappa shape index (κ2) is 4.53. The van der Waals surface area contributed by atoms with Crippen LogP contribution in [-0.2, 0) is 6.54 Å². The zero-order valence-corrected chi connectivity index (χ0v) is 10.1. The lowest BCUT2D eigenvalue weighted by Gasteiger charge is -2.31. The second-order valence-electron chi connectivity index (χ2n) is 4.09. The summed E-state index contributed by atoms with van der Waals surface area (Å²) in [4.78, 5) is 1.26. The molecule has 0 saturated heterocycles. The van der Waals surface area contributed by atoms with Gasteiger partial charge >= 0.3 is 0 Å². The number of thioether (sulfide) groups is 1. The Morgan fingerprint density at radius 3 is 2.53 bits per heavy atom. The number of benzene rings is 2. The standard InChI is InChI=1S/C14H13NOS/c16-15-10-12-8-4-5-9-13(12)17-14(15)11-6-2-1-3-7-11/h1-9,14,16H,10H2. The maximum atomic E-state index is 10.1. The number of nitrogens with zero attached hydrogens (tertiary/aromatic N) is 1. The van der Waals surface area contributed by atoms with Gasteiger partial charge in [0, 0.05) is 4.90 Å². The third-order valence-corrected chi connectivity index (χ3v) is 4.29. The molecular weight excluding hydrogens is 230 g/mol. The van der Waals surface area contributed by atoms with Gasteiger partial charge in [0.1, 0.15) is 5.37 Å². The van der Waals surface area contributed by atoms with Crippen LogP contribution in [-0.4, -0.2) is 10.3 Å². The number of hydrogen-bond donors (Lipinski definition) is 1. The molecule has 0 saturated carbocycles. The van der Waals surface area contributed by atoms with E-state index in [1.807, 2.05) is 30.3 Å². The fraction of sp³-hybridized carbons (Fsp3) is 0.143. The van der Waals surface area contributed by atoms with E-state index in [0.717, 1.165) is 5.56 Å². The van der Waals surface area contributed by atoms with Crippen molar-refractivity contribution in [2.24, 2.45) is 0 Å². The molecule has 3 rings (SSSR count). The van der Waals surface area contributed by atoms with Gasteiger partial charge < -0.3 is 5.21 Å². The minimum absolute atomic E-state index is 0.00824. The smallest absolute Gasteiger partial charge is 0.110 e. The molecule has 0 fully saturated rings. The molecule has 0 aromatic heterocycles. The van der Waals surface area contributed by atoms with Crippen LogP contribution >= 0.6 is 11.8 Å². The van der Waals surface area contributed by atoms with Crippen molar-refractivity contribution in [1.82, 2.24) is 5.06 Å². The molecule has 0 aliphatic carbocycles. The Kier molecular flexibility index (Phi) is 2.89. The van der Waals surface area contributed by atoms with Crippen molar-refractivity contribution >= 4 is 11.8 Å². The Morgan fingerprint density at radius 1 is 1.00 bits per heavy atom. The highest BCUT2D eigenvalue weighted by Crippen LogP contribution is 2.43. The highest BCUT2D eigenvalue weighted by molar-refractivity contribution is 7.99. The summed E-state index contributed by atoms with van der Waals surface area (Å²) in [5.41, 5.74) is 2.32. The van der Waals surface area contributed by atoms with Crippen LogP contribution in [0.25, 0.3) is 0 Å². The molecule has 1 aliphatic heterocycles. The van der Waals surface area contributed by atoms with Gasteiger partial charge in [-0.05, 0) is 17.2 Å². The number of rotatable bonds is 1. The lowest BCUT2D eigenvalue weighted by atomic mass is 10.2. The molecule has 0 spiro atoms. The van der Waals surface area contributed by atoms with Gasteiger partial charge in [0.25, 0.3) is 0 Å². The average molecular weight is 243 g/mol. The summed E-state index contributed by atoms with van der Waals surface area (Å²) < 4.78 is 0. The van der Waals surface area contributed by atoms with Gasteiger partial charge in [0.05, 0.1) is 6.54 Å². The summed E-state index contributed by atoms with van der Waals surface area (Å²) in [6.07, 6.45) is 0. The minimum Gasteiger partial charge on any atom is -0.312 e. The molecule has 1 heterocycles. The van der Waals surface area contributed by atoms with Crippen LogP contribution in [0, 0.1) is 0 Å². The first kappa shape index (κ1) is 10.8. The molecule has 0 radical (unpaired) electrons. The normalized spacial score (nSPS) is 19.9. The summed E-state index contributed by atoms with van der Waals surface area (Å²) in [7, 11) is 0. The van der Waals surface area contributed by atoms with Crippen LogP contribution in [0.2, 0.25) is 0 Å². The monoisotopic (exact) mass is 243 g/mol. The highest BCUT2D eigenvalue weighted by Gasteiger charge is 2.26. The third kappa shape index (κ3) is 2.09. The predicted molar refractivity (Wildman–Crippen MR) is 68.8 cm³/mol. The second-order valence-corrected chi connectivity index (χ2v) is 5.21. The molecule has 1 unspecified atom stereocenters. The van der Waals surface area contributed by atoms with Crippen LogP contribution in [0.15, 0.2) is 59.5 Å². The topological polar surface area (TPSA) is 23.5 Å². The van der Waals surface area contributed by atoms with Crippen LogP contribution in [0.4, 0.5) is 0 Å². The summed E-state index contributed by atoms with van der Waals surface area (Å²) in [6, 6.07) is 18.3. The number of fused-ring (bicyclic) bond motifs is 1. The molecule has 0 amide bonds. The van der Waals surface area contributed by atoms with Crippen molar-refractivity contribution < 1.29 is 5.21 Å². The average Bonchev–Trinajstić information content (AvgIpc) is 2.39. The summed E-state index contributed by atoms with van der Waals surface area (Å²) in [5, 5.41) is 11.5. The van der Waals surface area contributed by atoms with E-state index in [4.69, 9.17) is 0 Å². The number of hydroxylamine groups is 2. The molecule has 2 nitrogen and oxygen atoms in total. The Hall–Kier alpha value is -1.29. The Labute approximate surface area is 105 Å². The molecule has 1 atom stereocenters. The first-order valence-electron chi connectivity index (χ1n) is 5.59. The Morgan fingerprint density at radius 2 is 1.71 bits per heavy atom. The fourth-order valence-corrected chi connectivity index (χ4v) is 3.22. The van der Waals surface area contributed by atoms with Gasteiger partial charge in [-0.15, -0.1) is 0 Å². The van der Waals surface area contributed by atoms with E-state index in [0.29, 0.717) is 6.54 Å². The van der Waals surface area contributed by atoms with Gasteiger partial charge in [-0.25, -0.2) is 0 Å². The summed E-state index contributed by atoms with van der Waals surface area (Å²) in [5.74, 6) is 0. The molecule has 1 aliphatic rings.